The number of para-hydroxylation sites is 1. The molecule has 2 aromatic carbocycles. The summed E-state index contributed by atoms with van der Waals surface area (Å²) < 4.78 is 0. The van der Waals surface area contributed by atoms with Crippen molar-refractivity contribution in [2.45, 2.75) is 84.5 Å². The number of nitrogens with zero attached hydrogens (tertiary/aromatic N) is 5. The Bertz CT molecular complexity index is 1980. The van der Waals surface area contributed by atoms with Crippen LogP contribution in [0.3, 0.4) is 0 Å². The second-order valence-electron chi connectivity index (χ2n) is 15.6. The molecular weight excluding hydrogens is 747 g/mol. The number of thiazole rings is 1. The molecule has 0 radical (unpaired) electrons. The van der Waals surface area contributed by atoms with E-state index in [1.165, 1.54) is 6.07 Å². The summed E-state index contributed by atoms with van der Waals surface area (Å²) in [5, 5.41) is 40.1. The first-order chi connectivity index (χ1) is 25.7. The van der Waals surface area contributed by atoms with E-state index in [0.717, 1.165) is 34.5 Å². The number of rotatable bonds is 11. The van der Waals surface area contributed by atoms with Gasteiger partial charge in [0.15, 0.2) is 5.82 Å². The van der Waals surface area contributed by atoms with Crippen molar-refractivity contribution in [3.8, 4) is 27.4 Å². The van der Waals surface area contributed by atoms with E-state index in [2.05, 4.69) is 61.6 Å². The van der Waals surface area contributed by atoms with Crippen molar-refractivity contribution < 1.29 is 78.9 Å². The van der Waals surface area contributed by atoms with E-state index in [0.29, 0.717) is 35.7 Å². The number of aromatic nitrogens is 3. The molecule has 0 aliphatic carbocycles. The summed E-state index contributed by atoms with van der Waals surface area (Å²) in [5.41, 5.74) is 12.9. The number of carbonyl (C=O) groups excluding carboxylic acids is 2. The minimum Gasteiger partial charge on any atom is -0.872 e. The molecule has 2 aliphatic rings. The smallest absolute Gasteiger partial charge is 0.872 e. The average molecular weight is 797 g/mol. The van der Waals surface area contributed by atoms with E-state index in [1.807, 2.05) is 40.1 Å². The number of anilines is 2. The SMILES string of the molecule is C=C(N[C@@H](C)c1ccc(-c2scnc2C)cc1)[C@@H]1C[C@@H]([O-])CN1C(=O)[C@@H](NC(=O)CC1CCN(c2cc(-c3ccccc3[O-])nnc2N)CC1)C(C)(C)C.[Na+].[Na+]. The van der Waals surface area contributed by atoms with Gasteiger partial charge in [-0.15, -0.1) is 27.6 Å². The summed E-state index contributed by atoms with van der Waals surface area (Å²) in [7, 11) is 0. The minimum atomic E-state index is -0.952. The molecule has 2 fully saturated rings. The van der Waals surface area contributed by atoms with Gasteiger partial charge >= 0.3 is 59.1 Å². The molecular formula is C41H50N8Na2O4S. The van der Waals surface area contributed by atoms with Gasteiger partial charge in [0.25, 0.3) is 0 Å². The van der Waals surface area contributed by atoms with Crippen LogP contribution in [0.5, 0.6) is 5.75 Å². The number of aryl methyl sites for hydroxylation is 1. The van der Waals surface area contributed by atoms with Gasteiger partial charge in [0.1, 0.15) is 6.04 Å². The monoisotopic (exact) mass is 796 g/mol. The van der Waals surface area contributed by atoms with Crippen LogP contribution in [0.1, 0.15) is 70.7 Å². The molecule has 4 N–H and O–H groups in total. The number of hydrogen-bond donors (Lipinski definition) is 3. The van der Waals surface area contributed by atoms with Crippen LogP contribution in [0.4, 0.5) is 11.5 Å². The Labute approximate surface area is 378 Å². The Morgan fingerprint density at radius 2 is 1.73 bits per heavy atom. The van der Waals surface area contributed by atoms with Crippen LogP contribution in [0.25, 0.3) is 21.7 Å². The summed E-state index contributed by atoms with van der Waals surface area (Å²) in [5.74, 6) is -0.216. The third-order valence-electron chi connectivity index (χ3n) is 10.6. The molecule has 12 nitrogen and oxygen atoms in total. The fourth-order valence-corrected chi connectivity index (χ4v) is 8.27. The van der Waals surface area contributed by atoms with Crippen LogP contribution in [0.15, 0.2) is 72.4 Å². The van der Waals surface area contributed by atoms with Crippen LogP contribution in [0, 0.1) is 18.3 Å². The van der Waals surface area contributed by atoms with Gasteiger partial charge in [0, 0.05) is 37.8 Å². The van der Waals surface area contributed by atoms with Crippen molar-refractivity contribution in [3.05, 3.63) is 83.6 Å². The van der Waals surface area contributed by atoms with Gasteiger partial charge in [0.05, 0.1) is 33.5 Å². The molecule has 6 rings (SSSR count). The average Bonchev–Trinajstić information content (AvgIpc) is 3.76. The third kappa shape index (κ3) is 10.7. The maximum Gasteiger partial charge on any atom is 1.00 e. The predicted octanol–water partition coefficient (Wildman–Crippen LogP) is -1.43. The van der Waals surface area contributed by atoms with Gasteiger partial charge in [-0.2, -0.15) is 0 Å². The van der Waals surface area contributed by atoms with E-state index >= 15 is 0 Å². The van der Waals surface area contributed by atoms with Crippen molar-refractivity contribution in [2.24, 2.45) is 11.3 Å². The molecule has 4 atom stereocenters. The quantitative estimate of drug-likeness (QED) is 0.153. The summed E-state index contributed by atoms with van der Waals surface area (Å²) in [6.45, 7) is 15.4. The normalized spacial score (nSPS) is 18.3. The number of amides is 2. The molecule has 4 heterocycles. The molecule has 0 spiro atoms. The predicted molar refractivity (Wildman–Crippen MR) is 209 cm³/mol. The van der Waals surface area contributed by atoms with Gasteiger partial charge in [-0.25, -0.2) is 4.98 Å². The molecule has 15 heteroatoms. The molecule has 2 saturated heterocycles. The van der Waals surface area contributed by atoms with E-state index in [1.54, 1.807) is 40.5 Å². The van der Waals surface area contributed by atoms with Gasteiger partial charge in [-0.05, 0) is 67.2 Å². The minimum absolute atomic E-state index is 0. The van der Waals surface area contributed by atoms with Gasteiger partial charge < -0.3 is 36.4 Å². The molecule has 286 valence electrons. The standard InChI is InChI=1S/C41H51N8O4S.2Na/c1-24(28-11-13-29(14-12-28)37-26(3)43-23-54-37)44-25(2)33-20-30(50)22-49(33)40(53)38(41(4,5)6)45-36(52)19-27-15-17-48(18-16-27)34-21-32(46-47-39(34)42)31-9-7-8-10-35(31)51;;/h7-14,21,23-24,27,30,33,38,44,51H,2,15-20,22H2,1,3-6H3,(H2,42,47)(H,45,52);;/q-1;2*+1/p-1/t24-,30+,33-,38+;;/m0../s1. The fourth-order valence-electron chi connectivity index (χ4n) is 7.46. The number of nitrogens with one attached hydrogen (secondary N) is 2. The van der Waals surface area contributed by atoms with E-state index < -0.39 is 23.6 Å². The molecule has 4 aromatic rings. The number of nitrogen functional groups attached to an aromatic ring is 1. The third-order valence-corrected chi connectivity index (χ3v) is 11.6. The summed E-state index contributed by atoms with van der Waals surface area (Å²) >= 11 is 1.61. The van der Waals surface area contributed by atoms with Gasteiger partial charge in [-0.1, -0.05) is 81.6 Å². The topological polar surface area (TPSA) is 175 Å². The van der Waals surface area contributed by atoms with E-state index in [-0.39, 0.29) is 114 Å². The molecule has 0 bridgehead atoms. The summed E-state index contributed by atoms with van der Waals surface area (Å²) in [6, 6.07) is 15.4. The first-order valence-corrected chi connectivity index (χ1v) is 19.4. The molecule has 2 aromatic heterocycles. The Kier molecular flexibility index (Phi) is 16.0. The van der Waals surface area contributed by atoms with E-state index in [9.17, 15) is 19.8 Å². The van der Waals surface area contributed by atoms with Gasteiger partial charge in [-0.3, -0.25) is 9.59 Å². The number of piperidine rings is 1. The number of carbonyl (C=O) groups is 2. The summed E-state index contributed by atoms with van der Waals surface area (Å²) in [6.07, 6.45) is 1.04. The molecule has 2 aliphatic heterocycles. The molecule has 2 amide bonds. The zero-order valence-electron chi connectivity index (χ0n) is 33.7. The van der Waals surface area contributed by atoms with Crippen LogP contribution in [0.2, 0.25) is 0 Å². The largest absolute Gasteiger partial charge is 1.00 e. The van der Waals surface area contributed by atoms with Crippen LogP contribution < -0.4 is 90.6 Å². The second-order valence-corrected chi connectivity index (χ2v) is 16.5. The number of benzene rings is 2. The van der Waals surface area contributed by atoms with Crippen LogP contribution >= 0.6 is 11.3 Å². The first kappa shape index (κ1) is 45.7. The maximum absolute atomic E-state index is 14.2. The van der Waals surface area contributed by atoms with Crippen molar-refractivity contribution in [3.63, 3.8) is 0 Å². The number of hydrogen-bond acceptors (Lipinski definition) is 11. The van der Waals surface area contributed by atoms with Crippen molar-refractivity contribution in [2.75, 3.05) is 30.3 Å². The number of likely N-dealkylation sites (tertiary alicyclic amines) is 1. The Morgan fingerprint density at radius 1 is 1.05 bits per heavy atom. The zero-order chi connectivity index (χ0) is 38.7. The second kappa shape index (κ2) is 19.6. The maximum atomic E-state index is 14.2. The van der Waals surface area contributed by atoms with Crippen molar-refractivity contribution in [1.29, 1.82) is 0 Å². The van der Waals surface area contributed by atoms with Crippen LogP contribution in [-0.2, 0) is 9.59 Å². The molecule has 0 saturated carbocycles. The van der Waals surface area contributed by atoms with Crippen LogP contribution in [-0.4, -0.2) is 69.7 Å². The molecule has 56 heavy (non-hydrogen) atoms. The Balaban J connectivity index is 0.00000348. The number of nitrogens with two attached hydrogens (primary N) is 1. The Morgan fingerprint density at radius 3 is 2.36 bits per heavy atom. The fraction of sp³-hybridized carbons (Fsp3) is 0.439. The van der Waals surface area contributed by atoms with Crippen molar-refractivity contribution >= 4 is 34.7 Å². The first-order valence-electron chi connectivity index (χ1n) is 18.6. The zero-order valence-corrected chi connectivity index (χ0v) is 38.5. The van der Waals surface area contributed by atoms with E-state index in [4.69, 9.17) is 5.73 Å². The Hall–Kier alpha value is -3.01. The van der Waals surface area contributed by atoms with Gasteiger partial charge in [0.2, 0.25) is 11.8 Å². The summed E-state index contributed by atoms with van der Waals surface area (Å²) in [4.78, 5) is 37.0. The van der Waals surface area contributed by atoms with Crippen molar-refractivity contribution in [1.82, 2.24) is 30.7 Å². The molecule has 0 unspecified atom stereocenters.